The molecule has 1 N–H and O–H groups in total. The van der Waals surface area contributed by atoms with E-state index in [-0.39, 0.29) is 5.92 Å². The van der Waals surface area contributed by atoms with Crippen LogP contribution in [0.1, 0.15) is 31.9 Å². The molecular weight excluding hydrogens is 292 g/mol. The van der Waals surface area contributed by atoms with Crippen molar-refractivity contribution in [2.45, 2.75) is 38.3 Å². The zero-order chi connectivity index (χ0) is 16.3. The summed E-state index contributed by atoms with van der Waals surface area (Å²) in [7, 11) is 1.68. The van der Waals surface area contributed by atoms with Gasteiger partial charge >= 0.3 is 0 Å². The van der Waals surface area contributed by atoms with Gasteiger partial charge < -0.3 is 14.6 Å². The van der Waals surface area contributed by atoms with E-state index < -0.39 is 5.60 Å². The number of likely N-dealkylation sites (tertiary alicyclic amines) is 1. The molecule has 0 aromatic carbocycles. The maximum Gasteiger partial charge on any atom is 0.122 e. The van der Waals surface area contributed by atoms with E-state index in [1.54, 1.807) is 13.3 Å². The third-order valence-electron chi connectivity index (χ3n) is 5.55. The Kier molecular flexibility index (Phi) is 5.19. The molecule has 0 aliphatic carbocycles. The van der Waals surface area contributed by atoms with Gasteiger partial charge in [-0.15, -0.1) is 0 Å². The molecule has 5 nitrogen and oxygen atoms in total. The maximum absolute atomic E-state index is 11.2. The Labute approximate surface area is 138 Å². The van der Waals surface area contributed by atoms with Gasteiger partial charge in [-0.3, -0.25) is 9.88 Å². The first kappa shape index (κ1) is 16.7. The van der Waals surface area contributed by atoms with Crippen LogP contribution in [0.3, 0.4) is 0 Å². The van der Waals surface area contributed by atoms with Crippen molar-refractivity contribution in [3.05, 3.63) is 24.0 Å². The van der Waals surface area contributed by atoms with Crippen molar-refractivity contribution < 1.29 is 14.6 Å². The summed E-state index contributed by atoms with van der Waals surface area (Å²) in [5.41, 5.74) is 0.482. The number of rotatable bonds is 4. The lowest BCUT2D eigenvalue weighted by Crippen LogP contribution is -2.55. The summed E-state index contributed by atoms with van der Waals surface area (Å²) in [6.45, 7) is 6.39. The van der Waals surface area contributed by atoms with Gasteiger partial charge in [-0.25, -0.2) is 0 Å². The number of aromatic nitrogens is 1. The van der Waals surface area contributed by atoms with Crippen molar-refractivity contribution in [2.75, 3.05) is 33.4 Å². The molecule has 2 atom stereocenters. The van der Waals surface area contributed by atoms with Gasteiger partial charge in [0.15, 0.2) is 0 Å². The number of ether oxygens (including phenoxy) is 2. The molecule has 0 radical (unpaired) electrons. The summed E-state index contributed by atoms with van der Waals surface area (Å²) in [5.74, 6) is 1.49. The van der Waals surface area contributed by atoms with Gasteiger partial charge in [0.2, 0.25) is 0 Å². The molecule has 0 unspecified atom stereocenters. The Morgan fingerprint density at radius 1 is 1.43 bits per heavy atom. The van der Waals surface area contributed by atoms with Crippen molar-refractivity contribution in [1.82, 2.24) is 9.88 Å². The molecule has 3 heterocycles. The summed E-state index contributed by atoms with van der Waals surface area (Å²) in [5, 5.41) is 11.2. The van der Waals surface area contributed by atoms with Crippen LogP contribution < -0.4 is 4.74 Å². The van der Waals surface area contributed by atoms with E-state index in [0.717, 1.165) is 63.6 Å². The Morgan fingerprint density at radius 3 is 2.91 bits per heavy atom. The molecule has 0 amide bonds. The lowest BCUT2D eigenvalue weighted by atomic mass is 9.70. The summed E-state index contributed by atoms with van der Waals surface area (Å²) in [4.78, 5) is 6.82. The van der Waals surface area contributed by atoms with Crippen LogP contribution in [0.5, 0.6) is 5.75 Å². The second kappa shape index (κ2) is 7.16. The third-order valence-corrected chi connectivity index (χ3v) is 5.55. The van der Waals surface area contributed by atoms with E-state index in [4.69, 9.17) is 9.47 Å². The third kappa shape index (κ3) is 3.67. The monoisotopic (exact) mass is 320 g/mol. The molecule has 2 fully saturated rings. The predicted octanol–water partition coefficient (Wildman–Crippen LogP) is 2.09. The number of piperidine rings is 1. The quantitative estimate of drug-likeness (QED) is 0.920. The summed E-state index contributed by atoms with van der Waals surface area (Å²) < 4.78 is 10.7. The fourth-order valence-electron chi connectivity index (χ4n) is 4.07. The number of nitrogens with zero attached hydrogens (tertiary/aromatic N) is 2. The molecule has 2 saturated heterocycles. The van der Waals surface area contributed by atoms with Gasteiger partial charge in [0.1, 0.15) is 5.75 Å². The Hall–Kier alpha value is -1.17. The molecule has 0 spiro atoms. The zero-order valence-electron chi connectivity index (χ0n) is 14.2. The topological polar surface area (TPSA) is 54.8 Å². The minimum absolute atomic E-state index is 0.268. The molecule has 128 valence electrons. The van der Waals surface area contributed by atoms with Gasteiger partial charge in [0.25, 0.3) is 0 Å². The van der Waals surface area contributed by atoms with Gasteiger partial charge in [0, 0.05) is 45.1 Å². The van der Waals surface area contributed by atoms with Gasteiger partial charge in [0.05, 0.1) is 18.4 Å². The SMILES string of the molecule is COc1ccnc(CN2CC[C@@](O)(C3CCOCC3)[C@H](C)C2)c1. The second-order valence-electron chi connectivity index (χ2n) is 6.95. The van der Waals surface area contributed by atoms with Crippen LogP contribution >= 0.6 is 0 Å². The highest BCUT2D eigenvalue weighted by Crippen LogP contribution is 2.39. The molecule has 23 heavy (non-hydrogen) atoms. The second-order valence-corrected chi connectivity index (χ2v) is 6.95. The van der Waals surface area contributed by atoms with E-state index in [2.05, 4.69) is 16.8 Å². The first-order chi connectivity index (χ1) is 11.1. The molecule has 0 bridgehead atoms. The van der Waals surface area contributed by atoms with E-state index in [9.17, 15) is 5.11 Å². The van der Waals surface area contributed by atoms with Crippen LogP contribution in [-0.4, -0.2) is 54.0 Å². The number of hydrogen-bond acceptors (Lipinski definition) is 5. The minimum atomic E-state index is -0.540. The highest BCUT2D eigenvalue weighted by molar-refractivity contribution is 5.22. The predicted molar refractivity (Wildman–Crippen MR) is 88.3 cm³/mol. The number of hydrogen-bond donors (Lipinski definition) is 1. The number of pyridine rings is 1. The fourth-order valence-corrected chi connectivity index (χ4v) is 4.07. The number of aliphatic hydroxyl groups is 1. The zero-order valence-corrected chi connectivity index (χ0v) is 14.2. The van der Waals surface area contributed by atoms with E-state index in [1.165, 1.54) is 0 Å². The fraction of sp³-hybridized carbons (Fsp3) is 0.722. The first-order valence-electron chi connectivity index (χ1n) is 8.63. The first-order valence-corrected chi connectivity index (χ1v) is 8.63. The van der Waals surface area contributed by atoms with Gasteiger partial charge in [-0.2, -0.15) is 0 Å². The molecule has 1 aromatic heterocycles. The van der Waals surface area contributed by atoms with Crippen molar-refractivity contribution in [2.24, 2.45) is 11.8 Å². The van der Waals surface area contributed by atoms with E-state index in [0.29, 0.717) is 5.92 Å². The number of methoxy groups -OCH3 is 1. The molecule has 2 aliphatic rings. The molecule has 3 rings (SSSR count). The normalized spacial score (nSPS) is 30.3. The summed E-state index contributed by atoms with van der Waals surface area (Å²) >= 11 is 0. The maximum atomic E-state index is 11.2. The average molecular weight is 320 g/mol. The smallest absolute Gasteiger partial charge is 0.122 e. The molecule has 1 aromatic rings. The lowest BCUT2D eigenvalue weighted by Gasteiger charge is -2.48. The van der Waals surface area contributed by atoms with Crippen LogP contribution in [0.4, 0.5) is 0 Å². The minimum Gasteiger partial charge on any atom is -0.497 e. The Balaban J connectivity index is 1.61. The van der Waals surface area contributed by atoms with Crippen molar-refractivity contribution in [1.29, 1.82) is 0 Å². The van der Waals surface area contributed by atoms with E-state index >= 15 is 0 Å². The van der Waals surface area contributed by atoms with E-state index in [1.807, 2.05) is 12.1 Å². The van der Waals surface area contributed by atoms with Crippen molar-refractivity contribution in [3.63, 3.8) is 0 Å². The van der Waals surface area contributed by atoms with Crippen LogP contribution in [-0.2, 0) is 11.3 Å². The lowest BCUT2D eigenvalue weighted by molar-refractivity contribution is -0.131. The molecular formula is C18H28N2O3. The summed E-state index contributed by atoms with van der Waals surface area (Å²) in [6, 6.07) is 3.86. The van der Waals surface area contributed by atoms with Crippen LogP contribution in [0, 0.1) is 11.8 Å². The Bertz CT molecular complexity index is 519. The van der Waals surface area contributed by atoms with Crippen LogP contribution in [0.25, 0.3) is 0 Å². The van der Waals surface area contributed by atoms with Gasteiger partial charge in [-0.05, 0) is 37.2 Å². The molecule has 2 aliphatic heterocycles. The van der Waals surface area contributed by atoms with Crippen LogP contribution in [0.15, 0.2) is 18.3 Å². The van der Waals surface area contributed by atoms with Crippen molar-refractivity contribution in [3.8, 4) is 5.75 Å². The average Bonchev–Trinajstić information content (AvgIpc) is 2.59. The van der Waals surface area contributed by atoms with Gasteiger partial charge in [-0.1, -0.05) is 6.92 Å². The summed E-state index contributed by atoms with van der Waals surface area (Å²) in [6.07, 6.45) is 4.60. The van der Waals surface area contributed by atoms with Crippen LogP contribution in [0.2, 0.25) is 0 Å². The van der Waals surface area contributed by atoms with Crippen molar-refractivity contribution >= 4 is 0 Å². The molecule has 0 saturated carbocycles. The highest BCUT2D eigenvalue weighted by Gasteiger charge is 2.45. The highest BCUT2D eigenvalue weighted by atomic mass is 16.5. The standard InChI is InChI=1S/C18H28N2O3/c1-14-12-20(13-16-11-17(22-2)3-7-19-16)8-6-18(14,21)15-4-9-23-10-5-15/h3,7,11,14-15,21H,4-6,8-10,12-13H2,1-2H3/t14-,18+/m1/s1. The Morgan fingerprint density at radius 2 is 2.22 bits per heavy atom. The molecule has 5 heteroatoms. The largest absolute Gasteiger partial charge is 0.497 e.